The number of rotatable bonds is 2. The third kappa shape index (κ3) is 3.39. The van der Waals surface area contributed by atoms with E-state index in [0.717, 1.165) is 10.2 Å². The zero-order valence-electron chi connectivity index (χ0n) is 14.3. The maximum Gasteiger partial charge on any atom is 0.256 e. The fourth-order valence-corrected chi connectivity index (χ4v) is 3.84. The fraction of sp³-hybridized carbons (Fsp3) is 0.200. The van der Waals surface area contributed by atoms with Crippen molar-refractivity contribution >= 4 is 44.7 Å². The van der Waals surface area contributed by atoms with Gasteiger partial charge in [0.25, 0.3) is 5.91 Å². The number of hydrogen-bond donors (Lipinski definition) is 1. The number of thiocarbonyl (C=S) groups is 1. The van der Waals surface area contributed by atoms with Crippen LogP contribution < -0.4 is 10.2 Å². The van der Waals surface area contributed by atoms with E-state index in [-0.39, 0.29) is 11.3 Å². The number of nitrogens with one attached hydrogen (secondary N) is 1. The lowest BCUT2D eigenvalue weighted by Gasteiger charge is -2.24. The summed E-state index contributed by atoms with van der Waals surface area (Å²) in [5.41, 5.74) is 3.88. The molecule has 0 fully saturated rings. The average Bonchev–Trinajstić information content (AvgIpc) is 2.76. The lowest BCUT2D eigenvalue weighted by Crippen LogP contribution is -2.31. The number of nitrogens with zero attached hydrogens (tertiary/aromatic N) is 1. The van der Waals surface area contributed by atoms with Crippen LogP contribution in [0, 0.1) is 0 Å². The molecule has 3 nitrogen and oxygen atoms in total. The number of anilines is 1. The summed E-state index contributed by atoms with van der Waals surface area (Å²) in [4.78, 5) is 14.9. The van der Waals surface area contributed by atoms with Gasteiger partial charge in [-0.2, -0.15) is 0 Å². The highest BCUT2D eigenvalue weighted by Gasteiger charge is 2.38. The molecule has 2 aromatic carbocycles. The highest BCUT2D eigenvalue weighted by Crippen LogP contribution is 2.46. The molecule has 1 amide bonds. The van der Waals surface area contributed by atoms with Crippen molar-refractivity contribution in [2.75, 3.05) is 11.9 Å². The Labute approximate surface area is 161 Å². The molecule has 0 saturated heterocycles. The molecule has 0 aromatic heterocycles. The van der Waals surface area contributed by atoms with Gasteiger partial charge in [-0.1, -0.05) is 66.3 Å². The van der Waals surface area contributed by atoms with Crippen molar-refractivity contribution in [3.05, 3.63) is 75.9 Å². The number of hydrogen-bond acceptors (Lipinski definition) is 3. The Balaban J connectivity index is 1.84. The molecule has 1 aliphatic rings. The van der Waals surface area contributed by atoms with E-state index < -0.39 is 0 Å². The van der Waals surface area contributed by atoms with Crippen LogP contribution in [0.1, 0.15) is 29.8 Å². The molecule has 5 heteroatoms. The summed E-state index contributed by atoms with van der Waals surface area (Å²) in [6, 6.07) is 15.5. The molecule has 1 N–H and O–H groups in total. The number of benzene rings is 2. The lowest BCUT2D eigenvalue weighted by molar-refractivity contribution is 0.0978. The monoisotopic (exact) mass is 414 g/mol. The molecule has 128 valence electrons. The minimum absolute atomic E-state index is 0.171. The molecular weight excluding hydrogens is 396 g/mol. The zero-order chi connectivity index (χ0) is 18.2. The lowest BCUT2D eigenvalue weighted by atomic mass is 9.84. The molecular formula is C20H19BrN2OS. The number of allylic oxidation sites excluding steroid dienone is 1. The summed E-state index contributed by atoms with van der Waals surface area (Å²) in [6.45, 7) is 4.33. The second-order valence-corrected chi connectivity index (χ2v) is 7.91. The van der Waals surface area contributed by atoms with E-state index in [1.165, 1.54) is 11.3 Å². The van der Waals surface area contributed by atoms with E-state index in [9.17, 15) is 4.79 Å². The van der Waals surface area contributed by atoms with Crippen LogP contribution in [0.15, 0.2) is 64.8 Å². The highest BCUT2D eigenvalue weighted by molar-refractivity contribution is 9.10. The summed E-state index contributed by atoms with van der Waals surface area (Å²) in [6.07, 6.45) is 1.88. The van der Waals surface area contributed by atoms with Gasteiger partial charge in [0.05, 0.1) is 0 Å². The first-order valence-corrected chi connectivity index (χ1v) is 9.17. The number of amides is 1. The molecule has 0 unspecified atom stereocenters. The van der Waals surface area contributed by atoms with Crippen LogP contribution in [0.5, 0.6) is 0 Å². The first-order valence-electron chi connectivity index (χ1n) is 7.97. The van der Waals surface area contributed by atoms with Gasteiger partial charge in [-0.25, -0.2) is 0 Å². The summed E-state index contributed by atoms with van der Waals surface area (Å²) < 4.78 is 0.858. The Hall–Kier alpha value is -1.98. The Morgan fingerprint density at radius 3 is 2.60 bits per heavy atom. The molecule has 0 spiro atoms. The second kappa shape index (κ2) is 6.73. The van der Waals surface area contributed by atoms with E-state index in [2.05, 4.69) is 52.1 Å². The number of likely N-dealkylation sites (N-methyl/N-ethyl adjacent to an activating group) is 1. The van der Waals surface area contributed by atoms with Crippen molar-refractivity contribution in [2.45, 2.75) is 19.3 Å². The molecule has 25 heavy (non-hydrogen) atoms. The van der Waals surface area contributed by atoms with E-state index in [1.807, 2.05) is 37.4 Å². The van der Waals surface area contributed by atoms with Crippen LogP contribution in [0.4, 0.5) is 5.69 Å². The van der Waals surface area contributed by atoms with Gasteiger partial charge in [0.1, 0.15) is 4.99 Å². The zero-order valence-corrected chi connectivity index (χ0v) is 16.7. The molecule has 0 radical (unpaired) electrons. The van der Waals surface area contributed by atoms with E-state index in [1.54, 1.807) is 12.1 Å². The summed E-state index contributed by atoms with van der Waals surface area (Å²) in [5.74, 6) is -0.209. The van der Waals surface area contributed by atoms with Crippen molar-refractivity contribution in [1.82, 2.24) is 5.32 Å². The van der Waals surface area contributed by atoms with Crippen molar-refractivity contribution in [3.63, 3.8) is 0 Å². The number of para-hydroxylation sites is 1. The number of carbonyl (C=O) groups excluding carboxylic acids is 1. The first kappa shape index (κ1) is 17.8. The number of fused-ring (bicyclic) bond motifs is 1. The predicted octanol–water partition coefficient (Wildman–Crippen LogP) is 4.82. The molecule has 2 aromatic rings. The Bertz CT molecular complexity index is 889. The molecule has 1 heterocycles. The maximum absolute atomic E-state index is 12.4. The smallest absolute Gasteiger partial charge is 0.256 e. The topological polar surface area (TPSA) is 32.3 Å². The normalized spacial score (nSPS) is 16.6. The van der Waals surface area contributed by atoms with Crippen molar-refractivity contribution in [1.29, 1.82) is 0 Å². The van der Waals surface area contributed by atoms with Gasteiger partial charge in [0.2, 0.25) is 0 Å². The standard InChI is InChI=1S/C20H19BrN2OS/c1-20(2)15-9-4-5-10-16(15)23(3)17(20)12-18(25)22-19(24)13-7-6-8-14(21)11-13/h4-12H,1-3H3,(H,22,24,25). The third-order valence-corrected chi connectivity index (χ3v) is 5.24. The van der Waals surface area contributed by atoms with Crippen LogP contribution in [-0.2, 0) is 5.41 Å². The summed E-state index contributed by atoms with van der Waals surface area (Å²) in [7, 11) is 2.03. The van der Waals surface area contributed by atoms with Gasteiger partial charge >= 0.3 is 0 Å². The molecule has 0 bridgehead atoms. The van der Waals surface area contributed by atoms with Gasteiger partial charge in [-0.15, -0.1) is 0 Å². The fourth-order valence-electron chi connectivity index (χ4n) is 3.23. The van der Waals surface area contributed by atoms with Crippen LogP contribution >= 0.6 is 28.1 Å². The van der Waals surface area contributed by atoms with Crippen LogP contribution in [0.3, 0.4) is 0 Å². The highest BCUT2D eigenvalue weighted by atomic mass is 79.9. The SMILES string of the molecule is CN1C(=CC(=S)NC(=O)c2cccc(Br)c2)C(C)(C)c2ccccc21. The minimum Gasteiger partial charge on any atom is -0.347 e. The molecule has 0 atom stereocenters. The van der Waals surface area contributed by atoms with Crippen LogP contribution in [-0.4, -0.2) is 17.9 Å². The van der Waals surface area contributed by atoms with Gasteiger partial charge in [-0.05, 0) is 35.9 Å². The molecule has 3 rings (SSSR count). The molecule has 0 aliphatic carbocycles. The van der Waals surface area contributed by atoms with Crippen molar-refractivity contribution in [2.24, 2.45) is 0 Å². The van der Waals surface area contributed by atoms with Gasteiger partial charge < -0.3 is 10.2 Å². The summed E-state index contributed by atoms with van der Waals surface area (Å²) in [5, 5.41) is 2.80. The quantitative estimate of drug-likeness (QED) is 0.564. The van der Waals surface area contributed by atoms with Gasteiger partial charge in [0.15, 0.2) is 0 Å². The minimum atomic E-state index is -0.209. The maximum atomic E-state index is 12.4. The van der Waals surface area contributed by atoms with Crippen LogP contribution in [0.25, 0.3) is 0 Å². The van der Waals surface area contributed by atoms with Crippen molar-refractivity contribution < 1.29 is 4.79 Å². The van der Waals surface area contributed by atoms with Gasteiger partial charge in [-0.3, -0.25) is 4.79 Å². The van der Waals surface area contributed by atoms with E-state index in [0.29, 0.717) is 10.6 Å². The number of halogens is 1. The largest absolute Gasteiger partial charge is 0.347 e. The van der Waals surface area contributed by atoms with Crippen LogP contribution in [0.2, 0.25) is 0 Å². The average molecular weight is 415 g/mol. The Morgan fingerprint density at radius 2 is 1.92 bits per heavy atom. The summed E-state index contributed by atoms with van der Waals surface area (Å²) >= 11 is 8.79. The third-order valence-electron chi connectivity index (χ3n) is 4.53. The Kier molecular flexibility index (Phi) is 4.80. The predicted molar refractivity (Wildman–Crippen MR) is 110 cm³/mol. The van der Waals surface area contributed by atoms with E-state index >= 15 is 0 Å². The van der Waals surface area contributed by atoms with E-state index in [4.69, 9.17) is 12.2 Å². The molecule has 1 aliphatic heterocycles. The van der Waals surface area contributed by atoms with Gasteiger partial charge in [0, 0.05) is 33.9 Å². The number of carbonyl (C=O) groups is 1. The second-order valence-electron chi connectivity index (χ2n) is 6.56. The first-order chi connectivity index (χ1) is 11.8. The molecule has 0 saturated carbocycles. The Morgan fingerprint density at radius 1 is 1.20 bits per heavy atom. The van der Waals surface area contributed by atoms with Crippen molar-refractivity contribution in [3.8, 4) is 0 Å².